The monoisotopic (exact) mass is 336 g/mol. The zero-order valence-corrected chi connectivity index (χ0v) is 10.5. The van der Waals surface area contributed by atoms with Gasteiger partial charge in [0.1, 0.15) is 9.52 Å². The molecule has 78 valence electrons. The van der Waals surface area contributed by atoms with Gasteiger partial charge in [-0.2, -0.15) is 5.10 Å². The van der Waals surface area contributed by atoms with Crippen LogP contribution in [0.2, 0.25) is 5.02 Å². The van der Waals surface area contributed by atoms with Crippen molar-refractivity contribution in [2.24, 2.45) is 0 Å². The van der Waals surface area contributed by atoms with Crippen molar-refractivity contribution in [2.45, 2.75) is 6.54 Å². The van der Waals surface area contributed by atoms with E-state index in [1.165, 1.54) is 6.07 Å². The molecule has 1 aromatic heterocycles. The normalized spacial score (nSPS) is 10.6. The summed E-state index contributed by atoms with van der Waals surface area (Å²) in [6, 6.07) is 6.52. The maximum absolute atomic E-state index is 13.4. The summed E-state index contributed by atoms with van der Waals surface area (Å²) in [5.41, 5.74) is 0.471. The lowest BCUT2D eigenvalue weighted by Crippen LogP contribution is -2.03. The van der Waals surface area contributed by atoms with E-state index in [1.54, 1.807) is 23.0 Å². The molecule has 0 aliphatic carbocycles. The van der Waals surface area contributed by atoms with Crippen LogP contribution in [0.15, 0.2) is 30.5 Å². The largest absolute Gasteiger partial charge is 0.267 e. The van der Waals surface area contributed by atoms with Crippen molar-refractivity contribution < 1.29 is 4.39 Å². The Morgan fingerprint density at radius 2 is 2.20 bits per heavy atom. The second kappa shape index (κ2) is 4.49. The predicted octanol–water partition coefficient (Wildman–Crippen LogP) is 3.33. The Balaban J connectivity index is 2.31. The molecule has 0 saturated carbocycles. The molecular formula is C10H7ClFIN2. The van der Waals surface area contributed by atoms with E-state index in [1.807, 2.05) is 6.07 Å². The molecule has 15 heavy (non-hydrogen) atoms. The summed E-state index contributed by atoms with van der Waals surface area (Å²) in [4.78, 5) is 0. The zero-order chi connectivity index (χ0) is 10.8. The molecule has 0 bridgehead atoms. The summed E-state index contributed by atoms with van der Waals surface area (Å²) in [5, 5.41) is 4.60. The highest BCUT2D eigenvalue weighted by atomic mass is 127. The summed E-state index contributed by atoms with van der Waals surface area (Å²) in [5.74, 6) is -0.298. The number of hydrogen-bond acceptors (Lipinski definition) is 1. The van der Waals surface area contributed by atoms with Crippen LogP contribution in [0.1, 0.15) is 5.56 Å². The van der Waals surface area contributed by atoms with Gasteiger partial charge in [-0.3, -0.25) is 4.68 Å². The van der Waals surface area contributed by atoms with E-state index in [4.69, 9.17) is 11.6 Å². The molecule has 0 amide bonds. The lowest BCUT2D eigenvalue weighted by molar-refractivity contribution is 0.584. The third kappa shape index (κ3) is 2.49. The van der Waals surface area contributed by atoms with Gasteiger partial charge in [0, 0.05) is 16.8 Å². The second-order valence-corrected chi connectivity index (χ2v) is 4.55. The maximum Gasteiger partial charge on any atom is 0.129 e. The van der Waals surface area contributed by atoms with Crippen molar-refractivity contribution in [1.29, 1.82) is 0 Å². The maximum atomic E-state index is 13.4. The number of hydrogen-bond donors (Lipinski definition) is 0. The first-order valence-corrected chi connectivity index (χ1v) is 5.74. The van der Waals surface area contributed by atoms with Gasteiger partial charge in [0.15, 0.2) is 0 Å². The Bertz CT molecular complexity index is 464. The van der Waals surface area contributed by atoms with Gasteiger partial charge in [0.2, 0.25) is 0 Å². The topological polar surface area (TPSA) is 17.8 Å². The molecule has 2 nitrogen and oxygen atoms in total. The van der Waals surface area contributed by atoms with Crippen molar-refractivity contribution in [3.8, 4) is 0 Å². The van der Waals surface area contributed by atoms with Crippen molar-refractivity contribution in [3.63, 3.8) is 0 Å². The molecule has 0 unspecified atom stereocenters. The highest BCUT2D eigenvalue weighted by Crippen LogP contribution is 2.19. The summed E-state index contributed by atoms with van der Waals surface area (Å²) in [6.45, 7) is 0.356. The summed E-state index contributed by atoms with van der Waals surface area (Å²) < 4.78 is 15.9. The third-order valence-electron chi connectivity index (χ3n) is 1.99. The molecule has 0 N–H and O–H groups in total. The van der Waals surface area contributed by atoms with E-state index in [2.05, 4.69) is 27.7 Å². The molecule has 0 saturated heterocycles. The van der Waals surface area contributed by atoms with Crippen LogP contribution in [0.4, 0.5) is 4.39 Å². The molecule has 0 spiro atoms. The van der Waals surface area contributed by atoms with Gasteiger partial charge in [0.25, 0.3) is 0 Å². The van der Waals surface area contributed by atoms with Gasteiger partial charge < -0.3 is 0 Å². The van der Waals surface area contributed by atoms with Crippen molar-refractivity contribution in [1.82, 2.24) is 9.78 Å². The lowest BCUT2D eigenvalue weighted by atomic mass is 10.2. The van der Waals surface area contributed by atoms with Crippen LogP contribution in [0.25, 0.3) is 0 Å². The minimum Gasteiger partial charge on any atom is -0.267 e. The highest BCUT2D eigenvalue weighted by Gasteiger charge is 2.07. The average Bonchev–Trinajstić information content (AvgIpc) is 2.58. The van der Waals surface area contributed by atoms with E-state index in [0.29, 0.717) is 17.1 Å². The first-order chi connectivity index (χ1) is 7.16. The van der Waals surface area contributed by atoms with Crippen LogP contribution < -0.4 is 0 Å². The third-order valence-corrected chi connectivity index (χ3v) is 2.92. The number of rotatable bonds is 2. The minimum atomic E-state index is -0.298. The molecule has 2 aromatic rings. The molecule has 1 aromatic carbocycles. The van der Waals surface area contributed by atoms with Gasteiger partial charge in [-0.1, -0.05) is 17.7 Å². The van der Waals surface area contributed by atoms with Crippen molar-refractivity contribution >= 4 is 34.2 Å². The second-order valence-electron chi connectivity index (χ2n) is 3.04. The molecule has 0 aliphatic heterocycles. The van der Waals surface area contributed by atoms with Gasteiger partial charge in [0.05, 0.1) is 6.54 Å². The zero-order valence-electron chi connectivity index (χ0n) is 7.62. The van der Waals surface area contributed by atoms with Gasteiger partial charge in [-0.15, -0.1) is 0 Å². The van der Waals surface area contributed by atoms with Crippen LogP contribution in [0.5, 0.6) is 0 Å². The Labute approximate surface area is 105 Å². The fraction of sp³-hybridized carbons (Fsp3) is 0.100. The summed E-state index contributed by atoms with van der Waals surface area (Å²) >= 11 is 8.01. The Morgan fingerprint density at radius 1 is 1.40 bits per heavy atom. The first kappa shape index (κ1) is 10.9. The molecular weight excluding hydrogens is 329 g/mol. The van der Waals surface area contributed by atoms with Crippen LogP contribution in [-0.4, -0.2) is 9.78 Å². The van der Waals surface area contributed by atoms with E-state index < -0.39 is 0 Å². The van der Waals surface area contributed by atoms with Gasteiger partial charge in [-0.05, 0) is 40.8 Å². The molecule has 0 radical (unpaired) electrons. The van der Waals surface area contributed by atoms with Gasteiger partial charge in [-0.25, -0.2) is 4.39 Å². The summed E-state index contributed by atoms with van der Waals surface area (Å²) in [7, 11) is 0. The number of halogens is 3. The molecule has 2 rings (SSSR count). The fourth-order valence-corrected chi connectivity index (χ4v) is 1.93. The number of aromatic nitrogens is 2. The average molecular weight is 337 g/mol. The Hall–Kier alpha value is -0.620. The van der Waals surface area contributed by atoms with Crippen LogP contribution in [0.3, 0.4) is 0 Å². The number of benzene rings is 1. The minimum absolute atomic E-state index is 0.298. The van der Waals surface area contributed by atoms with Crippen LogP contribution >= 0.6 is 34.2 Å². The Kier molecular flexibility index (Phi) is 3.25. The Morgan fingerprint density at radius 3 is 2.80 bits per heavy atom. The van der Waals surface area contributed by atoms with E-state index in [0.717, 1.165) is 3.70 Å². The van der Waals surface area contributed by atoms with E-state index in [-0.39, 0.29) is 5.82 Å². The lowest BCUT2D eigenvalue weighted by Gasteiger charge is -2.05. The first-order valence-electron chi connectivity index (χ1n) is 4.28. The van der Waals surface area contributed by atoms with Gasteiger partial charge >= 0.3 is 0 Å². The van der Waals surface area contributed by atoms with Crippen LogP contribution in [-0.2, 0) is 6.54 Å². The van der Waals surface area contributed by atoms with Crippen molar-refractivity contribution in [3.05, 3.63) is 50.6 Å². The van der Waals surface area contributed by atoms with Crippen molar-refractivity contribution in [2.75, 3.05) is 0 Å². The van der Waals surface area contributed by atoms with E-state index >= 15 is 0 Å². The SMILES string of the molecule is Fc1cccc(Cl)c1Cn1ccc(I)n1. The molecule has 0 atom stereocenters. The molecule has 1 heterocycles. The predicted molar refractivity (Wildman–Crippen MR) is 65.5 cm³/mol. The molecule has 0 fully saturated rings. The highest BCUT2D eigenvalue weighted by molar-refractivity contribution is 14.1. The van der Waals surface area contributed by atoms with E-state index in [9.17, 15) is 4.39 Å². The standard InChI is InChI=1S/C10H7ClFIN2/c11-8-2-1-3-9(12)7(8)6-15-5-4-10(13)14-15/h1-5H,6H2. The smallest absolute Gasteiger partial charge is 0.129 e. The number of nitrogens with zero attached hydrogens (tertiary/aromatic N) is 2. The quantitative estimate of drug-likeness (QED) is 0.769. The molecule has 0 aliphatic rings. The fourth-order valence-electron chi connectivity index (χ4n) is 1.27. The summed E-state index contributed by atoms with van der Waals surface area (Å²) in [6.07, 6.45) is 1.80. The molecule has 5 heteroatoms. The van der Waals surface area contributed by atoms with Crippen LogP contribution in [0, 0.1) is 9.52 Å².